The highest BCUT2D eigenvalue weighted by molar-refractivity contribution is 5.85. The van der Waals surface area contributed by atoms with Crippen molar-refractivity contribution in [2.24, 2.45) is 5.92 Å². The summed E-state index contributed by atoms with van der Waals surface area (Å²) >= 11 is 0. The van der Waals surface area contributed by atoms with Gasteiger partial charge in [-0.05, 0) is 0 Å². The fraction of sp³-hybridized carbons (Fsp3) is 0.667. The van der Waals surface area contributed by atoms with Gasteiger partial charge in [0.1, 0.15) is 18.6 Å². The highest BCUT2D eigenvalue weighted by Crippen LogP contribution is 2.28. The van der Waals surface area contributed by atoms with Crippen molar-refractivity contribution in [1.29, 1.82) is 0 Å². The van der Waals surface area contributed by atoms with Crippen molar-refractivity contribution in [3.8, 4) is 0 Å². The predicted molar refractivity (Wildman–Crippen MR) is 28.9 cm³/mol. The number of cyclic esters (lactones) is 1. The number of carbonyl (C=O) groups is 2. The molecule has 2 aliphatic rings. The molecular weight excluding hydrogens is 136 g/mol. The zero-order valence-electron chi connectivity index (χ0n) is 5.20. The second-order valence-electron chi connectivity index (χ2n) is 2.47. The van der Waals surface area contributed by atoms with Crippen molar-refractivity contribution >= 4 is 11.9 Å². The van der Waals surface area contributed by atoms with Crippen LogP contribution in [0.1, 0.15) is 6.42 Å². The second kappa shape index (κ2) is 1.71. The van der Waals surface area contributed by atoms with Crippen molar-refractivity contribution < 1.29 is 19.1 Å². The summed E-state index contributed by atoms with van der Waals surface area (Å²) in [4.78, 5) is 21.3. The lowest BCUT2D eigenvalue weighted by molar-refractivity contribution is -0.147. The van der Waals surface area contributed by atoms with Crippen LogP contribution in [0, 0.1) is 5.92 Å². The van der Waals surface area contributed by atoms with E-state index in [1.54, 1.807) is 0 Å². The Morgan fingerprint density at radius 1 is 1.40 bits per heavy atom. The maximum Gasteiger partial charge on any atom is 0.313 e. The number of fused-ring (bicyclic) bond motifs is 1. The van der Waals surface area contributed by atoms with E-state index in [4.69, 9.17) is 4.74 Å². The number of ether oxygens (including phenoxy) is 2. The van der Waals surface area contributed by atoms with E-state index in [9.17, 15) is 9.59 Å². The normalized spacial score (nSPS) is 37.2. The van der Waals surface area contributed by atoms with Crippen molar-refractivity contribution in [2.75, 3.05) is 6.61 Å². The Balaban J connectivity index is 2.19. The summed E-state index contributed by atoms with van der Waals surface area (Å²) in [5.41, 5.74) is 0. The number of hydrogen-bond donors (Lipinski definition) is 0. The Bertz CT molecular complexity index is 198. The largest absolute Gasteiger partial charge is 0.461 e. The first-order valence-corrected chi connectivity index (χ1v) is 3.13. The fourth-order valence-electron chi connectivity index (χ4n) is 1.27. The van der Waals surface area contributed by atoms with Crippen LogP contribution in [0.5, 0.6) is 0 Å². The molecule has 0 saturated carbocycles. The molecule has 0 spiro atoms. The van der Waals surface area contributed by atoms with Gasteiger partial charge in [-0.15, -0.1) is 0 Å². The van der Waals surface area contributed by atoms with Crippen LogP contribution in [-0.2, 0) is 19.1 Å². The molecule has 0 unspecified atom stereocenters. The molecule has 0 aromatic carbocycles. The molecule has 2 atom stereocenters. The van der Waals surface area contributed by atoms with Crippen LogP contribution in [0.2, 0.25) is 0 Å². The zero-order chi connectivity index (χ0) is 7.14. The van der Waals surface area contributed by atoms with Gasteiger partial charge in [0.05, 0.1) is 6.42 Å². The lowest BCUT2D eigenvalue weighted by Gasteiger charge is -1.99. The number of esters is 2. The van der Waals surface area contributed by atoms with Gasteiger partial charge in [0.25, 0.3) is 0 Å². The van der Waals surface area contributed by atoms with E-state index >= 15 is 0 Å². The van der Waals surface area contributed by atoms with Gasteiger partial charge < -0.3 is 9.47 Å². The molecule has 0 aromatic heterocycles. The lowest BCUT2D eigenvalue weighted by Crippen LogP contribution is -2.14. The van der Waals surface area contributed by atoms with E-state index in [0.717, 1.165) is 0 Å². The maximum atomic E-state index is 10.7. The second-order valence-corrected chi connectivity index (χ2v) is 2.47. The number of hydrogen-bond acceptors (Lipinski definition) is 4. The van der Waals surface area contributed by atoms with E-state index < -0.39 is 0 Å². The Morgan fingerprint density at radius 2 is 2.20 bits per heavy atom. The molecule has 4 heteroatoms. The van der Waals surface area contributed by atoms with E-state index in [0.29, 0.717) is 0 Å². The number of carbonyl (C=O) groups excluding carboxylic acids is 2. The van der Waals surface area contributed by atoms with Crippen molar-refractivity contribution in [3.05, 3.63) is 0 Å². The van der Waals surface area contributed by atoms with Crippen LogP contribution < -0.4 is 0 Å². The molecule has 0 bridgehead atoms. The average Bonchev–Trinajstić information content (AvgIpc) is 2.35. The van der Waals surface area contributed by atoms with Crippen LogP contribution in [0.3, 0.4) is 0 Å². The third kappa shape index (κ3) is 0.616. The van der Waals surface area contributed by atoms with E-state index in [-0.39, 0.29) is 37.0 Å². The summed E-state index contributed by atoms with van der Waals surface area (Å²) in [6.45, 7) is 0.245. The summed E-state index contributed by atoms with van der Waals surface area (Å²) in [7, 11) is 0. The molecule has 2 saturated heterocycles. The molecule has 0 N–H and O–H groups in total. The van der Waals surface area contributed by atoms with Gasteiger partial charge >= 0.3 is 11.9 Å². The first kappa shape index (κ1) is 5.70. The van der Waals surface area contributed by atoms with Gasteiger partial charge in [-0.3, -0.25) is 9.59 Å². The standard InChI is InChI=1S/C6H6O4/c7-5-1-3-4(10-5)2-9-6(3)8/h3-4H,1-2H2/t3-,4+/m0/s1. The first-order chi connectivity index (χ1) is 4.77. The molecule has 0 aliphatic carbocycles. The molecule has 0 radical (unpaired) electrons. The first-order valence-electron chi connectivity index (χ1n) is 3.13. The Labute approximate surface area is 57.1 Å². The summed E-state index contributed by atoms with van der Waals surface area (Å²) in [5, 5.41) is 0. The maximum absolute atomic E-state index is 10.7. The van der Waals surface area contributed by atoms with Crippen LogP contribution >= 0.6 is 0 Å². The molecule has 2 aliphatic heterocycles. The highest BCUT2D eigenvalue weighted by atomic mass is 16.6. The molecule has 54 valence electrons. The van der Waals surface area contributed by atoms with Gasteiger partial charge in [-0.2, -0.15) is 0 Å². The molecule has 0 amide bonds. The van der Waals surface area contributed by atoms with E-state index in [1.807, 2.05) is 0 Å². The third-order valence-corrected chi connectivity index (χ3v) is 1.81. The van der Waals surface area contributed by atoms with Gasteiger partial charge in [0, 0.05) is 0 Å². The monoisotopic (exact) mass is 142 g/mol. The quantitative estimate of drug-likeness (QED) is 0.427. The minimum Gasteiger partial charge on any atom is -0.461 e. The highest BCUT2D eigenvalue weighted by Gasteiger charge is 2.46. The Kier molecular flexibility index (Phi) is 0.977. The zero-order valence-corrected chi connectivity index (χ0v) is 5.20. The Hall–Kier alpha value is -1.06. The molecule has 2 fully saturated rings. The smallest absolute Gasteiger partial charge is 0.313 e. The van der Waals surface area contributed by atoms with Crippen LogP contribution in [-0.4, -0.2) is 24.6 Å². The molecule has 4 nitrogen and oxygen atoms in total. The summed E-state index contributed by atoms with van der Waals surface area (Å²) in [6.07, 6.45) is -0.0938. The SMILES string of the molecule is O=C1C[C@@H]2C(=O)OC[C@H]2O1. The van der Waals surface area contributed by atoms with Crippen molar-refractivity contribution in [1.82, 2.24) is 0 Å². The molecule has 2 rings (SSSR count). The molecule has 0 aromatic rings. The molecule has 2 heterocycles. The van der Waals surface area contributed by atoms with Gasteiger partial charge in [-0.25, -0.2) is 0 Å². The van der Waals surface area contributed by atoms with Crippen molar-refractivity contribution in [2.45, 2.75) is 12.5 Å². The Morgan fingerprint density at radius 3 is 2.90 bits per heavy atom. The molecular formula is C6H6O4. The topological polar surface area (TPSA) is 52.6 Å². The summed E-state index contributed by atoms with van der Waals surface area (Å²) < 4.78 is 9.42. The van der Waals surface area contributed by atoms with Gasteiger partial charge in [0.2, 0.25) is 0 Å². The van der Waals surface area contributed by atoms with E-state index in [2.05, 4.69) is 4.74 Å². The molecule has 10 heavy (non-hydrogen) atoms. The van der Waals surface area contributed by atoms with E-state index in [1.165, 1.54) is 0 Å². The lowest BCUT2D eigenvalue weighted by atomic mass is 10.1. The van der Waals surface area contributed by atoms with Gasteiger partial charge in [-0.1, -0.05) is 0 Å². The van der Waals surface area contributed by atoms with Gasteiger partial charge in [0.15, 0.2) is 0 Å². The minimum atomic E-state index is -0.313. The van der Waals surface area contributed by atoms with Crippen LogP contribution in [0.15, 0.2) is 0 Å². The van der Waals surface area contributed by atoms with Crippen LogP contribution in [0.4, 0.5) is 0 Å². The van der Waals surface area contributed by atoms with Crippen LogP contribution in [0.25, 0.3) is 0 Å². The van der Waals surface area contributed by atoms with Crippen molar-refractivity contribution in [3.63, 3.8) is 0 Å². The third-order valence-electron chi connectivity index (χ3n) is 1.81. The average molecular weight is 142 g/mol. The minimum absolute atomic E-state index is 0.198. The predicted octanol–water partition coefficient (Wildman–Crippen LogP) is -0.525. The fourth-order valence-corrected chi connectivity index (χ4v) is 1.27. The summed E-state index contributed by atoms with van der Waals surface area (Å²) in [6, 6.07) is 0. The summed E-state index contributed by atoms with van der Waals surface area (Å²) in [5.74, 6) is -0.894. The number of rotatable bonds is 0.